The third kappa shape index (κ3) is 3.41. The van der Waals surface area contributed by atoms with Crippen molar-refractivity contribution in [3.8, 4) is 0 Å². The van der Waals surface area contributed by atoms with E-state index in [-0.39, 0.29) is 12.4 Å². The van der Waals surface area contributed by atoms with Gasteiger partial charge in [0.2, 0.25) is 5.91 Å². The summed E-state index contributed by atoms with van der Waals surface area (Å²) >= 11 is 0. The predicted molar refractivity (Wildman–Crippen MR) is 76.5 cm³/mol. The third-order valence-electron chi connectivity index (χ3n) is 4.90. The van der Waals surface area contributed by atoms with Crippen LogP contribution >= 0.6 is 12.4 Å². The van der Waals surface area contributed by atoms with Crippen LogP contribution in [-0.2, 0) is 9.53 Å². The van der Waals surface area contributed by atoms with Crippen LogP contribution in [0.2, 0.25) is 0 Å². The van der Waals surface area contributed by atoms with E-state index in [1.54, 1.807) is 0 Å². The summed E-state index contributed by atoms with van der Waals surface area (Å²) in [6.45, 7) is 5.87. The number of carbonyl (C=O) groups excluding carboxylic acids is 1. The number of rotatable bonds is 3. The van der Waals surface area contributed by atoms with Gasteiger partial charge in [0.05, 0.1) is 6.61 Å². The number of carbonyl (C=O) groups is 1. The number of nitrogens with one attached hydrogen (secondary N) is 1. The molecular weight excluding hydrogens is 264 g/mol. The molecular formula is C14H25ClN2O2. The summed E-state index contributed by atoms with van der Waals surface area (Å²) in [7, 11) is 0. The van der Waals surface area contributed by atoms with E-state index in [0.29, 0.717) is 11.3 Å². The molecule has 0 radical (unpaired) electrons. The van der Waals surface area contributed by atoms with Gasteiger partial charge in [-0.3, -0.25) is 4.79 Å². The summed E-state index contributed by atoms with van der Waals surface area (Å²) in [6, 6.07) is 0. The van der Waals surface area contributed by atoms with Gasteiger partial charge < -0.3 is 15.0 Å². The highest BCUT2D eigenvalue weighted by Crippen LogP contribution is 2.38. The van der Waals surface area contributed by atoms with E-state index in [0.717, 1.165) is 71.0 Å². The number of amides is 1. The summed E-state index contributed by atoms with van der Waals surface area (Å²) in [5, 5.41) is 3.36. The fraction of sp³-hybridized carbons (Fsp3) is 0.929. The molecule has 2 unspecified atom stereocenters. The summed E-state index contributed by atoms with van der Waals surface area (Å²) in [6.07, 6.45) is 5.33. The lowest BCUT2D eigenvalue weighted by atomic mass is 9.87. The minimum Gasteiger partial charge on any atom is -0.381 e. The second-order valence-electron chi connectivity index (χ2n) is 6.27. The lowest BCUT2D eigenvalue weighted by molar-refractivity contribution is -0.130. The highest BCUT2D eigenvalue weighted by molar-refractivity contribution is 5.85. The Balaban J connectivity index is 0.00000133. The lowest BCUT2D eigenvalue weighted by Gasteiger charge is -2.22. The molecule has 3 rings (SSSR count). The zero-order valence-electron chi connectivity index (χ0n) is 11.5. The zero-order chi connectivity index (χ0) is 12.4. The average Bonchev–Trinajstić information content (AvgIpc) is 3.10. The van der Waals surface area contributed by atoms with Crippen LogP contribution in [-0.4, -0.2) is 50.2 Å². The topological polar surface area (TPSA) is 41.6 Å². The van der Waals surface area contributed by atoms with Crippen molar-refractivity contribution in [2.24, 2.45) is 11.3 Å². The van der Waals surface area contributed by atoms with Gasteiger partial charge in [-0.25, -0.2) is 0 Å². The van der Waals surface area contributed by atoms with Crippen molar-refractivity contribution in [3.63, 3.8) is 0 Å². The molecule has 0 bridgehead atoms. The third-order valence-corrected chi connectivity index (χ3v) is 4.90. The van der Waals surface area contributed by atoms with Crippen LogP contribution in [0.5, 0.6) is 0 Å². The summed E-state index contributed by atoms with van der Waals surface area (Å²) < 4.78 is 5.51. The van der Waals surface area contributed by atoms with Gasteiger partial charge in [0, 0.05) is 31.5 Å². The molecule has 3 aliphatic heterocycles. The molecule has 0 saturated carbocycles. The monoisotopic (exact) mass is 288 g/mol. The van der Waals surface area contributed by atoms with E-state index in [4.69, 9.17) is 4.74 Å². The van der Waals surface area contributed by atoms with Crippen LogP contribution in [0.1, 0.15) is 32.1 Å². The zero-order valence-corrected chi connectivity index (χ0v) is 12.3. The summed E-state index contributed by atoms with van der Waals surface area (Å²) in [5.74, 6) is 1.09. The van der Waals surface area contributed by atoms with Gasteiger partial charge in [-0.1, -0.05) is 0 Å². The first-order chi connectivity index (χ1) is 8.77. The van der Waals surface area contributed by atoms with Crippen molar-refractivity contribution >= 4 is 18.3 Å². The SMILES string of the molecule is Cl.O=C(CCC1CCNC1)N1CCC2(CCOC2)C1. The van der Waals surface area contributed by atoms with Crippen molar-refractivity contribution < 1.29 is 9.53 Å². The Morgan fingerprint density at radius 2 is 2.32 bits per heavy atom. The largest absolute Gasteiger partial charge is 0.381 e. The Morgan fingerprint density at radius 3 is 3.00 bits per heavy atom. The highest BCUT2D eigenvalue weighted by atomic mass is 35.5. The van der Waals surface area contributed by atoms with Gasteiger partial charge in [0.25, 0.3) is 0 Å². The molecule has 1 spiro atoms. The number of ether oxygens (including phenoxy) is 1. The maximum atomic E-state index is 12.2. The quantitative estimate of drug-likeness (QED) is 0.854. The van der Waals surface area contributed by atoms with Crippen molar-refractivity contribution in [1.82, 2.24) is 10.2 Å². The number of likely N-dealkylation sites (tertiary alicyclic amines) is 1. The molecule has 0 aromatic rings. The van der Waals surface area contributed by atoms with E-state index in [2.05, 4.69) is 10.2 Å². The molecule has 0 aliphatic carbocycles. The molecule has 4 nitrogen and oxygen atoms in total. The van der Waals surface area contributed by atoms with E-state index < -0.39 is 0 Å². The first-order valence-corrected chi connectivity index (χ1v) is 7.34. The molecule has 2 atom stereocenters. The standard InChI is InChI=1S/C14H24N2O2.ClH/c17-13(2-1-12-3-6-15-9-12)16-7-4-14(10-16)5-8-18-11-14;/h12,15H,1-11H2;1H. The molecule has 19 heavy (non-hydrogen) atoms. The van der Waals surface area contributed by atoms with Gasteiger partial charge >= 0.3 is 0 Å². The Labute approximate surface area is 121 Å². The fourth-order valence-corrected chi connectivity index (χ4v) is 3.57. The highest BCUT2D eigenvalue weighted by Gasteiger charge is 2.42. The van der Waals surface area contributed by atoms with Crippen molar-refractivity contribution in [3.05, 3.63) is 0 Å². The van der Waals surface area contributed by atoms with Gasteiger partial charge in [-0.2, -0.15) is 0 Å². The van der Waals surface area contributed by atoms with E-state index in [1.165, 1.54) is 6.42 Å². The van der Waals surface area contributed by atoms with Crippen LogP contribution in [0.25, 0.3) is 0 Å². The summed E-state index contributed by atoms with van der Waals surface area (Å²) in [5.41, 5.74) is 0.310. The number of nitrogens with zero attached hydrogens (tertiary/aromatic N) is 1. The molecule has 3 fully saturated rings. The van der Waals surface area contributed by atoms with Crippen LogP contribution in [0, 0.1) is 11.3 Å². The normalized spacial score (nSPS) is 33.9. The molecule has 0 aromatic heterocycles. The maximum Gasteiger partial charge on any atom is 0.222 e. The van der Waals surface area contributed by atoms with Gasteiger partial charge in [0.1, 0.15) is 0 Å². The molecule has 3 heterocycles. The van der Waals surface area contributed by atoms with Crippen LogP contribution < -0.4 is 5.32 Å². The minimum atomic E-state index is 0. The first-order valence-electron chi connectivity index (χ1n) is 7.34. The Kier molecular flexibility index (Phi) is 5.09. The van der Waals surface area contributed by atoms with E-state index >= 15 is 0 Å². The first kappa shape index (κ1) is 15.1. The number of hydrogen-bond donors (Lipinski definition) is 1. The average molecular weight is 289 g/mol. The molecule has 3 saturated heterocycles. The van der Waals surface area contributed by atoms with Crippen molar-refractivity contribution in [2.45, 2.75) is 32.1 Å². The lowest BCUT2D eigenvalue weighted by Crippen LogP contribution is -2.32. The second kappa shape index (κ2) is 6.42. The van der Waals surface area contributed by atoms with Crippen LogP contribution in [0.15, 0.2) is 0 Å². The van der Waals surface area contributed by atoms with E-state index in [9.17, 15) is 4.79 Å². The molecule has 3 aliphatic rings. The van der Waals surface area contributed by atoms with Crippen LogP contribution in [0.4, 0.5) is 0 Å². The van der Waals surface area contributed by atoms with Gasteiger partial charge in [0.15, 0.2) is 0 Å². The van der Waals surface area contributed by atoms with Crippen molar-refractivity contribution in [1.29, 1.82) is 0 Å². The second-order valence-corrected chi connectivity index (χ2v) is 6.27. The number of halogens is 1. The molecule has 1 amide bonds. The smallest absolute Gasteiger partial charge is 0.222 e. The fourth-order valence-electron chi connectivity index (χ4n) is 3.57. The molecule has 5 heteroatoms. The Morgan fingerprint density at radius 1 is 1.42 bits per heavy atom. The Hall–Kier alpha value is -0.320. The van der Waals surface area contributed by atoms with Crippen molar-refractivity contribution in [2.75, 3.05) is 39.4 Å². The van der Waals surface area contributed by atoms with Gasteiger partial charge in [-0.05, 0) is 44.7 Å². The van der Waals surface area contributed by atoms with Gasteiger partial charge in [-0.15, -0.1) is 12.4 Å². The molecule has 110 valence electrons. The van der Waals surface area contributed by atoms with E-state index in [1.807, 2.05) is 0 Å². The Bertz CT molecular complexity index is 313. The minimum absolute atomic E-state index is 0. The molecule has 1 N–H and O–H groups in total. The molecule has 0 aromatic carbocycles. The van der Waals surface area contributed by atoms with Crippen LogP contribution in [0.3, 0.4) is 0 Å². The number of hydrogen-bond acceptors (Lipinski definition) is 3. The maximum absolute atomic E-state index is 12.2. The predicted octanol–water partition coefficient (Wildman–Crippen LogP) is 1.44. The summed E-state index contributed by atoms with van der Waals surface area (Å²) in [4.78, 5) is 14.3.